The van der Waals surface area contributed by atoms with Crippen LogP contribution in [0.25, 0.3) is 0 Å². The van der Waals surface area contributed by atoms with Crippen molar-refractivity contribution < 1.29 is 14.6 Å². The lowest BCUT2D eigenvalue weighted by atomic mass is 9.95. The van der Waals surface area contributed by atoms with Gasteiger partial charge in [-0.05, 0) is 53.3 Å². The molecule has 1 heterocycles. The Morgan fingerprint density at radius 1 is 0.970 bits per heavy atom. The zero-order chi connectivity index (χ0) is 23.0. The molecule has 1 aliphatic rings. The molecule has 170 valence electrons. The van der Waals surface area contributed by atoms with Crippen LogP contribution in [0.5, 0.6) is 5.75 Å². The Morgan fingerprint density at radius 2 is 1.61 bits per heavy atom. The maximum atomic E-state index is 11.1. The molecule has 0 bridgehead atoms. The number of carboxylic acid groups (broad SMARTS) is 1. The van der Waals surface area contributed by atoms with Gasteiger partial charge in [0.25, 0.3) is 0 Å². The van der Waals surface area contributed by atoms with E-state index in [4.69, 9.17) is 9.84 Å². The zero-order valence-corrected chi connectivity index (χ0v) is 19.1. The van der Waals surface area contributed by atoms with Crippen LogP contribution in [0.1, 0.15) is 47.1 Å². The average Bonchev–Trinajstić information content (AvgIpc) is 3.25. The first-order valence-corrected chi connectivity index (χ1v) is 11.5. The first-order chi connectivity index (χ1) is 16.1. The lowest BCUT2D eigenvalue weighted by molar-refractivity contribution is -0.137. The highest BCUT2D eigenvalue weighted by molar-refractivity contribution is 5.68. The van der Waals surface area contributed by atoms with Crippen LogP contribution < -0.4 is 4.74 Å². The van der Waals surface area contributed by atoms with E-state index < -0.39 is 5.97 Å². The highest BCUT2D eigenvalue weighted by Gasteiger charge is 2.17. The summed E-state index contributed by atoms with van der Waals surface area (Å²) in [6, 6.07) is 25.1. The number of aliphatic carboxylic acids is 1. The van der Waals surface area contributed by atoms with Crippen LogP contribution in [-0.4, -0.2) is 22.5 Å². The fourth-order valence-corrected chi connectivity index (χ4v) is 4.35. The number of benzene rings is 3. The molecule has 1 atom stereocenters. The van der Waals surface area contributed by atoms with Gasteiger partial charge in [0.15, 0.2) is 0 Å². The van der Waals surface area contributed by atoms with Crippen molar-refractivity contribution >= 4 is 5.97 Å². The third-order valence-corrected chi connectivity index (χ3v) is 6.18. The molecule has 0 aliphatic carbocycles. The molecule has 1 aliphatic heterocycles. The molecule has 4 rings (SSSR count). The second-order valence-corrected chi connectivity index (χ2v) is 8.63. The monoisotopic (exact) mass is 441 g/mol. The van der Waals surface area contributed by atoms with E-state index in [-0.39, 0.29) is 12.3 Å². The Morgan fingerprint density at radius 3 is 2.21 bits per heavy atom. The molecule has 33 heavy (non-hydrogen) atoms. The van der Waals surface area contributed by atoms with Gasteiger partial charge < -0.3 is 9.84 Å². The van der Waals surface area contributed by atoms with Gasteiger partial charge in [0.1, 0.15) is 12.4 Å². The van der Waals surface area contributed by atoms with Crippen molar-refractivity contribution in [1.29, 1.82) is 0 Å². The predicted molar refractivity (Wildman–Crippen MR) is 131 cm³/mol. The molecule has 0 saturated carbocycles. The van der Waals surface area contributed by atoms with Crippen LogP contribution in [0, 0.1) is 0 Å². The number of hydrogen-bond acceptors (Lipinski definition) is 3. The van der Waals surface area contributed by atoms with Crippen LogP contribution in [0.4, 0.5) is 0 Å². The summed E-state index contributed by atoms with van der Waals surface area (Å²) in [6.07, 6.45) is 4.95. The Labute approximate surface area is 196 Å². The lowest BCUT2D eigenvalue weighted by Gasteiger charge is -2.15. The van der Waals surface area contributed by atoms with Gasteiger partial charge >= 0.3 is 5.97 Å². The van der Waals surface area contributed by atoms with Gasteiger partial charge in [0, 0.05) is 25.6 Å². The topological polar surface area (TPSA) is 49.8 Å². The Kier molecular flexibility index (Phi) is 7.59. The minimum absolute atomic E-state index is 0.0849. The minimum atomic E-state index is -0.799. The number of hydrogen-bond donors (Lipinski definition) is 1. The number of carboxylic acids is 1. The van der Waals surface area contributed by atoms with Crippen molar-refractivity contribution in [3.05, 3.63) is 113 Å². The number of rotatable bonds is 10. The van der Waals surface area contributed by atoms with Crippen molar-refractivity contribution in [3.8, 4) is 5.75 Å². The molecule has 3 aromatic rings. The van der Waals surface area contributed by atoms with E-state index in [0.29, 0.717) is 6.61 Å². The maximum absolute atomic E-state index is 11.1. The fourth-order valence-electron chi connectivity index (χ4n) is 4.35. The molecule has 1 N–H and O–H groups in total. The van der Waals surface area contributed by atoms with E-state index >= 15 is 0 Å². The summed E-state index contributed by atoms with van der Waals surface area (Å²) in [5.74, 6) is -0.137. The van der Waals surface area contributed by atoms with Gasteiger partial charge in [-0.1, -0.05) is 72.8 Å². The molecule has 0 spiro atoms. The average molecular weight is 442 g/mol. The van der Waals surface area contributed by atoms with Gasteiger partial charge in [-0.3, -0.25) is 9.69 Å². The lowest BCUT2D eigenvalue weighted by Crippen LogP contribution is -2.19. The van der Waals surface area contributed by atoms with Gasteiger partial charge in [-0.2, -0.15) is 0 Å². The molecule has 4 nitrogen and oxygen atoms in total. The Bertz CT molecular complexity index is 1060. The van der Waals surface area contributed by atoms with Crippen molar-refractivity contribution in [3.63, 3.8) is 0 Å². The van der Waals surface area contributed by atoms with E-state index in [9.17, 15) is 4.79 Å². The van der Waals surface area contributed by atoms with Crippen LogP contribution in [0.3, 0.4) is 0 Å². The summed E-state index contributed by atoms with van der Waals surface area (Å²) < 4.78 is 5.94. The Hall–Kier alpha value is -3.37. The summed E-state index contributed by atoms with van der Waals surface area (Å²) in [5, 5.41) is 9.12. The second kappa shape index (κ2) is 11.0. The number of allylic oxidation sites excluding steroid dienone is 2. The molecule has 0 amide bonds. The number of nitrogens with zero attached hydrogens (tertiary/aromatic N) is 1. The molecular formula is C29H31NO3. The van der Waals surface area contributed by atoms with E-state index in [0.717, 1.165) is 42.9 Å². The summed E-state index contributed by atoms with van der Waals surface area (Å²) >= 11 is 0. The minimum Gasteiger partial charge on any atom is -0.489 e. The predicted octanol–water partition coefficient (Wildman–Crippen LogP) is 5.96. The summed E-state index contributed by atoms with van der Waals surface area (Å²) in [7, 11) is 0. The number of fused-ring (bicyclic) bond motifs is 1. The smallest absolute Gasteiger partial charge is 0.304 e. The third-order valence-electron chi connectivity index (χ3n) is 6.18. The summed E-state index contributed by atoms with van der Waals surface area (Å²) in [6.45, 7) is 5.57. The summed E-state index contributed by atoms with van der Waals surface area (Å²) in [4.78, 5) is 13.6. The molecule has 0 saturated heterocycles. The van der Waals surface area contributed by atoms with Gasteiger partial charge in [-0.15, -0.1) is 0 Å². The molecule has 0 radical (unpaired) electrons. The number of ether oxygens (including phenoxy) is 1. The van der Waals surface area contributed by atoms with Crippen molar-refractivity contribution in [2.24, 2.45) is 0 Å². The second-order valence-electron chi connectivity index (χ2n) is 8.63. The normalized spacial score (nSPS) is 14.3. The largest absolute Gasteiger partial charge is 0.489 e. The van der Waals surface area contributed by atoms with Gasteiger partial charge in [0.05, 0.1) is 6.42 Å². The first-order valence-electron chi connectivity index (χ1n) is 11.5. The van der Waals surface area contributed by atoms with E-state index in [2.05, 4.69) is 53.4 Å². The standard InChI is InChI=1S/C29H31NO3/c1-2-5-25(18-29(31)32)24-12-14-28(15-13-24)33-21-23-10-8-22(9-11-23)16-17-30-19-26-6-3-4-7-27(26)20-30/h2-15,25H,16-21H2,1H3,(H,31,32). The molecular weight excluding hydrogens is 410 g/mol. The molecule has 1 unspecified atom stereocenters. The maximum Gasteiger partial charge on any atom is 0.304 e. The van der Waals surface area contributed by atoms with Gasteiger partial charge in [-0.25, -0.2) is 0 Å². The van der Waals surface area contributed by atoms with Crippen molar-refractivity contribution in [1.82, 2.24) is 4.90 Å². The van der Waals surface area contributed by atoms with Crippen molar-refractivity contribution in [2.75, 3.05) is 6.54 Å². The van der Waals surface area contributed by atoms with Crippen LogP contribution in [0.15, 0.2) is 84.9 Å². The first kappa shape index (κ1) is 22.8. The Balaban J connectivity index is 1.25. The van der Waals surface area contributed by atoms with E-state index in [1.807, 2.05) is 43.3 Å². The number of carbonyl (C=O) groups is 1. The van der Waals surface area contributed by atoms with Gasteiger partial charge in [0.2, 0.25) is 0 Å². The van der Waals surface area contributed by atoms with Crippen molar-refractivity contribution in [2.45, 2.75) is 45.4 Å². The molecule has 0 fully saturated rings. The highest BCUT2D eigenvalue weighted by atomic mass is 16.5. The quantitative estimate of drug-likeness (QED) is 0.395. The van der Waals surface area contributed by atoms with E-state index in [1.165, 1.54) is 16.7 Å². The highest BCUT2D eigenvalue weighted by Crippen LogP contribution is 2.25. The summed E-state index contributed by atoms with van der Waals surface area (Å²) in [5.41, 5.74) is 6.37. The molecule has 3 aromatic carbocycles. The van der Waals surface area contributed by atoms with Crippen LogP contribution >= 0.6 is 0 Å². The van der Waals surface area contributed by atoms with E-state index in [1.54, 1.807) is 0 Å². The molecule has 4 heteroatoms. The van der Waals surface area contributed by atoms with Crippen LogP contribution in [0.2, 0.25) is 0 Å². The fraction of sp³-hybridized carbons (Fsp3) is 0.276. The zero-order valence-electron chi connectivity index (χ0n) is 19.1. The molecule has 0 aromatic heterocycles. The third kappa shape index (κ3) is 6.33. The SMILES string of the molecule is CC=CC(CC(=O)O)c1ccc(OCc2ccc(CCN3Cc4ccccc4C3)cc2)cc1. The van der Waals surface area contributed by atoms with Crippen LogP contribution in [-0.2, 0) is 30.9 Å².